The third kappa shape index (κ3) is 4.50. The lowest BCUT2D eigenvalue weighted by Gasteiger charge is -2.19. The molecule has 9 heteroatoms. The Hall–Kier alpha value is -3.23. The Balaban J connectivity index is 1.53. The van der Waals surface area contributed by atoms with Crippen LogP contribution in [0.15, 0.2) is 18.2 Å². The van der Waals surface area contributed by atoms with E-state index in [2.05, 4.69) is 10.1 Å². The van der Waals surface area contributed by atoms with Gasteiger partial charge in [-0.25, -0.2) is 4.79 Å². The van der Waals surface area contributed by atoms with Crippen molar-refractivity contribution in [3.8, 4) is 0 Å². The first-order valence-corrected chi connectivity index (χ1v) is 9.81. The van der Waals surface area contributed by atoms with Crippen molar-refractivity contribution < 1.29 is 33.4 Å². The summed E-state index contributed by atoms with van der Waals surface area (Å²) in [6, 6.07) is 4.68. The predicted octanol–water partition coefficient (Wildman–Crippen LogP) is 1.44. The Bertz CT molecular complexity index is 871. The molecular formula is C21H24N2O7. The Morgan fingerprint density at radius 3 is 2.33 bits per heavy atom. The number of esters is 2. The van der Waals surface area contributed by atoms with E-state index in [0.717, 1.165) is 17.7 Å². The molecule has 1 aliphatic carbocycles. The highest BCUT2D eigenvalue weighted by Crippen LogP contribution is 2.37. The van der Waals surface area contributed by atoms with Crippen molar-refractivity contribution in [3.63, 3.8) is 0 Å². The normalized spacial score (nSPS) is 20.5. The number of carbonyl (C=O) groups excluding carboxylic acids is 5. The zero-order valence-electron chi connectivity index (χ0n) is 16.9. The topological polar surface area (TPSA) is 119 Å². The molecule has 0 unspecified atom stereocenters. The molecule has 0 bridgehead atoms. The molecule has 1 N–H and O–H groups in total. The summed E-state index contributed by atoms with van der Waals surface area (Å²) in [5.41, 5.74) is 1.36. The molecule has 0 spiro atoms. The molecule has 3 rings (SSSR count). The average Bonchev–Trinajstić information content (AvgIpc) is 2.98. The van der Waals surface area contributed by atoms with Crippen LogP contribution in [0.1, 0.15) is 41.6 Å². The SMILES string of the molecule is COC(=O)c1ccc(C)c(NC(=O)COC(=O)CN2C(=O)[C@H]3CCCC[C@H]3C2=O)c1. The van der Waals surface area contributed by atoms with E-state index in [-0.39, 0.29) is 29.2 Å². The first kappa shape index (κ1) is 21.5. The lowest BCUT2D eigenvalue weighted by molar-refractivity contribution is -0.154. The number of aryl methyl sites for hydroxylation is 1. The van der Waals surface area contributed by atoms with Crippen LogP contribution in [0.4, 0.5) is 5.69 Å². The van der Waals surface area contributed by atoms with Gasteiger partial charge in [-0.3, -0.25) is 24.1 Å². The van der Waals surface area contributed by atoms with Gasteiger partial charge in [0.15, 0.2) is 6.61 Å². The molecule has 1 saturated heterocycles. The van der Waals surface area contributed by atoms with Gasteiger partial charge in [-0.2, -0.15) is 0 Å². The summed E-state index contributed by atoms with van der Waals surface area (Å²) in [6.07, 6.45) is 3.12. The average molecular weight is 416 g/mol. The van der Waals surface area contributed by atoms with Crippen molar-refractivity contribution in [1.29, 1.82) is 0 Å². The van der Waals surface area contributed by atoms with Gasteiger partial charge >= 0.3 is 11.9 Å². The summed E-state index contributed by atoms with van der Waals surface area (Å²) < 4.78 is 9.59. The summed E-state index contributed by atoms with van der Waals surface area (Å²) in [6.45, 7) is 0.672. The molecule has 160 valence electrons. The largest absolute Gasteiger partial charge is 0.465 e. The molecule has 1 aromatic rings. The number of methoxy groups -OCH3 is 1. The Morgan fingerprint density at radius 2 is 1.73 bits per heavy atom. The Kier molecular flexibility index (Phi) is 6.49. The zero-order chi connectivity index (χ0) is 21.8. The van der Waals surface area contributed by atoms with Gasteiger partial charge < -0.3 is 14.8 Å². The minimum Gasteiger partial charge on any atom is -0.465 e. The highest BCUT2D eigenvalue weighted by Gasteiger charge is 2.48. The number of carbonyl (C=O) groups is 5. The molecule has 1 aliphatic heterocycles. The monoisotopic (exact) mass is 416 g/mol. The molecule has 2 atom stereocenters. The number of amides is 3. The highest BCUT2D eigenvalue weighted by molar-refractivity contribution is 6.07. The van der Waals surface area contributed by atoms with Crippen LogP contribution in [0.25, 0.3) is 0 Å². The van der Waals surface area contributed by atoms with Crippen LogP contribution in [0.3, 0.4) is 0 Å². The van der Waals surface area contributed by atoms with Gasteiger partial charge in [0, 0.05) is 5.69 Å². The number of likely N-dealkylation sites (tertiary alicyclic amines) is 1. The van der Waals surface area contributed by atoms with Crippen LogP contribution in [0.2, 0.25) is 0 Å². The highest BCUT2D eigenvalue weighted by atomic mass is 16.5. The second-order valence-corrected chi connectivity index (χ2v) is 7.49. The van der Waals surface area contributed by atoms with Gasteiger partial charge in [0.05, 0.1) is 24.5 Å². The van der Waals surface area contributed by atoms with Crippen LogP contribution >= 0.6 is 0 Å². The van der Waals surface area contributed by atoms with Crippen molar-refractivity contribution in [2.75, 3.05) is 25.6 Å². The third-order valence-corrected chi connectivity index (χ3v) is 5.52. The Labute approximate surface area is 173 Å². The van der Waals surface area contributed by atoms with Crippen LogP contribution in [-0.4, -0.2) is 54.8 Å². The molecular weight excluding hydrogens is 392 g/mol. The second-order valence-electron chi connectivity index (χ2n) is 7.49. The number of hydrogen-bond donors (Lipinski definition) is 1. The van der Waals surface area contributed by atoms with Crippen LogP contribution in [0.5, 0.6) is 0 Å². The lowest BCUT2D eigenvalue weighted by Crippen LogP contribution is -2.37. The summed E-state index contributed by atoms with van der Waals surface area (Å²) in [5.74, 6) is -3.33. The summed E-state index contributed by atoms with van der Waals surface area (Å²) in [4.78, 5) is 61.6. The fraction of sp³-hybridized carbons (Fsp3) is 0.476. The molecule has 0 aromatic heterocycles. The number of rotatable bonds is 6. The molecule has 0 radical (unpaired) electrons. The zero-order valence-corrected chi connectivity index (χ0v) is 16.9. The first-order chi connectivity index (χ1) is 14.3. The van der Waals surface area contributed by atoms with Crippen molar-refractivity contribution in [3.05, 3.63) is 29.3 Å². The van der Waals surface area contributed by atoms with E-state index in [1.807, 2.05) is 0 Å². The standard InChI is InChI=1S/C21H24N2O7/c1-12-7-8-13(21(28)29-2)9-16(12)22-17(24)11-30-18(25)10-23-19(26)14-5-3-4-6-15(14)20(23)27/h7-9,14-15H,3-6,10-11H2,1-2H3,(H,22,24)/t14-,15+. The van der Waals surface area contributed by atoms with Crippen molar-refractivity contribution in [1.82, 2.24) is 4.90 Å². The molecule has 9 nitrogen and oxygen atoms in total. The quantitative estimate of drug-likeness (QED) is 0.550. The summed E-state index contributed by atoms with van der Waals surface area (Å²) in [7, 11) is 1.25. The van der Waals surface area contributed by atoms with E-state index in [4.69, 9.17) is 4.74 Å². The number of imide groups is 1. The fourth-order valence-corrected chi connectivity index (χ4v) is 3.90. The van der Waals surface area contributed by atoms with Crippen molar-refractivity contribution in [2.24, 2.45) is 11.8 Å². The molecule has 1 saturated carbocycles. The number of anilines is 1. The fourth-order valence-electron chi connectivity index (χ4n) is 3.90. The lowest BCUT2D eigenvalue weighted by atomic mass is 9.81. The molecule has 1 aromatic carbocycles. The van der Waals surface area contributed by atoms with Gasteiger partial charge in [-0.05, 0) is 37.5 Å². The number of benzene rings is 1. The van der Waals surface area contributed by atoms with Gasteiger partial charge in [0.25, 0.3) is 5.91 Å². The number of nitrogens with one attached hydrogen (secondary N) is 1. The number of hydrogen-bond acceptors (Lipinski definition) is 7. The number of fused-ring (bicyclic) bond motifs is 1. The maximum absolute atomic E-state index is 12.4. The van der Waals surface area contributed by atoms with Crippen LogP contribution in [-0.2, 0) is 28.7 Å². The number of ether oxygens (including phenoxy) is 2. The minimum absolute atomic E-state index is 0.267. The molecule has 3 amide bonds. The predicted molar refractivity (Wildman–Crippen MR) is 104 cm³/mol. The second kappa shape index (κ2) is 9.06. The van der Waals surface area contributed by atoms with Crippen molar-refractivity contribution >= 4 is 35.3 Å². The van der Waals surface area contributed by atoms with E-state index >= 15 is 0 Å². The number of nitrogens with zero attached hydrogens (tertiary/aromatic N) is 1. The van der Waals surface area contributed by atoms with E-state index in [1.54, 1.807) is 19.1 Å². The maximum atomic E-state index is 12.4. The van der Waals surface area contributed by atoms with E-state index in [9.17, 15) is 24.0 Å². The summed E-state index contributed by atoms with van der Waals surface area (Å²) >= 11 is 0. The molecule has 30 heavy (non-hydrogen) atoms. The molecule has 1 heterocycles. The van der Waals surface area contributed by atoms with Crippen LogP contribution < -0.4 is 5.32 Å². The summed E-state index contributed by atoms with van der Waals surface area (Å²) in [5, 5.41) is 2.57. The van der Waals surface area contributed by atoms with E-state index in [0.29, 0.717) is 24.1 Å². The van der Waals surface area contributed by atoms with Crippen LogP contribution in [0, 0.1) is 18.8 Å². The Morgan fingerprint density at radius 1 is 1.10 bits per heavy atom. The minimum atomic E-state index is -0.828. The van der Waals surface area contributed by atoms with Crippen molar-refractivity contribution in [2.45, 2.75) is 32.6 Å². The first-order valence-electron chi connectivity index (χ1n) is 9.81. The maximum Gasteiger partial charge on any atom is 0.337 e. The molecule has 2 fully saturated rings. The van der Waals surface area contributed by atoms with E-state index in [1.165, 1.54) is 13.2 Å². The van der Waals surface area contributed by atoms with Gasteiger partial charge in [0.1, 0.15) is 6.54 Å². The van der Waals surface area contributed by atoms with Gasteiger partial charge in [-0.1, -0.05) is 18.9 Å². The third-order valence-electron chi connectivity index (χ3n) is 5.52. The van der Waals surface area contributed by atoms with Gasteiger partial charge in [-0.15, -0.1) is 0 Å². The molecule has 2 aliphatic rings. The van der Waals surface area contributed by atoms with E-state index < -0.39 is 31.0 Å². The smallest absolute Gasteiger partial charge is 0.337 e. The van der Waals surface area contributed by atoms with Gasteiger partial charge in [0.2, 0.25) is 11.8 Å².